The fourth-order valence-corrected chi connectivity index (χ4v) is 3.20. The third-order valence-corrected chi connectivity index (χ3v) is 4.72. The fraction of sp³-hybridized carbons (Fsp3) is 1.00. The molecule has 0 saturated carbocycles. The Kier molecular flexibility index (Phi) is 16.4. The van der Waals surface area contributed by atoms with Gasteiger partial charge >= 0.3 is 0 Å². The maximum absolute atomic E-state index is 5.68. The number of ether oxygens (including phenoxy) is 4. The maximum Gasteiger partial charge on any atom is 0.0701 e. The van der Waals surface area contributed by atoms with E-state index in [0.29, 0.717) is 51.7 Å². The molecule has 0 radical (unpaired) electrons. The van der Waals surface area contributed by atoms with E-state index in [9.17, 15) is 0 Å². The molecule has 1 heterocycles. The van der Waals surface area contributed by atoms with Crippen molar-refractivity contribution in [3.63, 3.8) is 0 Å². The second kappa shape index (κ2) is 17.8. The van der Waals surface area contributed by atoms with Crippen LogP contribution in [0.25, 0.3) is 0 Å². The van der Waals surface area contributed by atoms with Crippen molar-refractivity contribution < 1.29 is 18.9 Å². The Morgan fingerprint density at radius 2 is 1.30 bits per heavy atom. The average Bonchev–Trinajstić information content (AvgIpc) is 2.66. The van der Waals surface area contributed by atoms with Gasteiger partial charge in [0.2, 0.25) is 0 Å². The molecule has 0 spiro atoms. The normalized spacial score (nSPS) is 16.4. The summed E-state index contributed by atoms with van der Waals surface area (Å²) in [5.41, 5.74) is 0. The molecule has 162 valence electrons. The SMILES string of the molecule is CCCCCOCCOCCOCCOCCN1CCC(NC(C)C)CC1. The van der Waals surface area contributed by atoms with Crippen molar-refractivity contribution in [1.29, 1.82) is 0 Å². The Balaban J connectivity index is 1.75. The molecular formula is C21H44N2O4. The van der Waals surface area contributed by atoms with Crippen LogP contribution in [-0.4, -0.2) is 89.5 Å². The lowest BCUT2D eigenvalue weighted by Gasteiger charge is -2.33. The van der Waals surface area contributed by atoms with Crippen LogP contribution in [-0.2, 0) is 18.9 Å². The van der Waals surface area contributed by atoms with Crippen molar-refractivity contribution >= 4 is 0 Å². The van der Waals surface area contributed by atoms with Crippen molar-refractivity contribution in [2.45, 2.75) is 65.0 Å². The lowest BCUT2D eigenvalue weighted by Crippen LogP contribution is -2.45. The van der Waals surface area contributed by atoms with Gasteiger partial charge in [0.25, 0.3) is 0 Å². The van der Waals surface area contributed by atoms with Crippen LogP contribution in [0.2, 0.25) is 0 Å². The van der Waals surface area contributed by atoms with Crippen LogP contribution in [0.3, 0.4) is 0 Å². The summed E-state index contributed by atoms with van der Waals surface area (Å²) < 4.78 is 22.2. The molecule has 0 bridgehead atoms. The molecule has 1 rings (SSSR count). The summed E-state index contributed by atoms with van der Waals surface area (Å²) in [7, 11) is 0. The van der Waals surface area contributed by atoms with E-state index < -0.39 is 0 Å². The summed E-state index contributed by atoms with van der Waals surface area (Å²) in [6.45, 7) is 15.5. The summed E-state index contributed by atoms with van der Waals surface area (Å²) in [5, 5.41) is 3.63. The molecule has 1 aliphatic rings. The number of likely N-dealkylation sites (tertiary alicyclic amines) is 1. The number of nitrogens with zero attached hydrogens (tertiary/aromatic N) is 1. The standard InChI is InChI=1S/C21H44N2O4/c1-4-5-6-12-24-14-16-26-18-19-27-17-15-25-13-11-23-9-7-21(8-10-23)22-20(2)3/h20-22H,4-19H2,1-3H3. The molecule has 27 heavy (non-hydrogen) atoms. The quantitative estimate of drug-likeness (QED) is 0.364. The van der Waals surface area contributed by atoms with Crippen molar-refractivity contribution in [1.82, 2.24) is 10.2 Å². The zero-order chi connectivity index (χ0) is 19.6. The minimum atomic E-state index is 0.583. The van der Waals surface area contributed by atoms with Crippen molar-refractivity contribution in [2.75, 3.05) is 72.5 Å². The zero-order valence-corrected chi connectivity index (χ0v) is 18.0. The lowest BCUT2D eigenvalue weighted by molar-refractivity contribution is -0.00477. The van der Waals surface area contributed by atoms with Crippen molar-refractivity contribution in [3.8, 4) is 0 Å². The Hall–Kier alpha value is -0.240. The highest BCUT2D eigenvalue weighted by molar-refractivity contribution is 4.78. The number of rotatable bonds is 18. The van der Waals surface area contributed by atoms with Gasteiger partial charge < -0.3 is 29.2 Å². The van der Waals surface area contributed by atoms with E-state index in [1.54, 1.807) is 0 Å². The van der Waals surface area contributed by atoms with Crippen LogP contribution in [0.15, 0.2) is 0 Å². The van der Waals surface area contributed by atoms with Gasteiger partial charge in [0.1, 0.15) is 0 Å². The van der Waals surface area contributed by atoms with Crippen molar-refractivity contribution in [2.24, 2.45) is 0 Å². The third-order valence-electron chi connectivity index (χ3n) is 4.72. The predicted octanol–water partition coefficient (Wildman–Crippen LogP) is 2.71. The van der Waals surface area contributed by atoms with Gasteiger partial charge in [-0.25, -0.2) is 0 Å². The monoisotopic (exact) mass is 388 g/mol. The molecule has 1 aliphatic heterocycles. The van der Waals surface area contributed by atoms with E-state index >= 15 is 0 Å². The highest BCUT2D eigenvalue weighted by Crippen LogP contribution is 2.10. The first-order valence-corrected chi connectivity index (χ1v) is 11.0. The highest BCUT2D eigenvalue weighted by Gasteiger charge is 2.18. The molecule has 0 aromatic carbocycles. The first-order valence-electron chi connectivity index (χ1n) is 11.0. The molecule has 0 unspecified atom stereocenters. The van der Waals surface area contributed by atoms with E-state index in [-0.39, 0.29) is 0 Å². The third kappa shape index (κ3) is 15.4. The molecule has 0 aromatic heterocycles. The predicted molar refractivity (Wildman–Crippen MR) is 111 cm³/mol. The van der Waals surface area contributed by atoms with Crippen LogP contribution in [0, 0.1) is 0 Å². The van der Waals surface area contributed by atoms with Gasteiger partial charge in [-0.1, -0.05) is 33.6 Å². The topological polar surface area (TPSA) is 52.2 Å². The molecule has 0 aromatic rings. The Morgan fingerprint density at radius 1 is 0.778 bits per heavy atom. The average molecular weight is 389 g/mol. The minimum Gasteiger partial charge on any atom is -0.379 e. The summed E-state index contributed by atoms with van der Waals surface area (Å²) >= 11 is 0. The fourth-order valence-electron chi connectivity index (χ4n) is 3.20. The number of hydrogen-bond donors (Lipinski definition) is 1. The van der Waals surface area contributed by atoms with Crippen LogP contribution in [0.1, 0.15) is 52.9 Å². The highest BCUT2D eigenvalue weighted by atomic mass is 16.6. The smallest absolute Gasteiger partial charge is 0.0701 e. The summed E-state index contributed by atoms with van der Waals surface area (Å²) in [4.78, 5) is 2.50. The Bertz CT molecular complexity index is 311. The van der Waals surface area contributed by atoms with Crippen molar-refractivity contribution in [3.05, 3.63) is 0 Å². The number of unbranched alkanes of at least 4 members (excludes halogenated alkanes) is 2. The van der Waals surface area contributed by atoms with E-state index in [2.05, 4.69) is 31.0 Å². The van der Waals surface area contributed by atoms with Crippen LogP contribution in [0.4, 0.5) is 0 Å². The summed E-state index contributed by atoms with van der Waals surface area (Å²) in [6.07, 6.45) is 6.10. The molecular weight excluding hydrogens is 344 g/mol. The second-order valence-electron chi connectivity index (χ2n) is 7.59. The van der Waals surface area contributed by atoms with Gasteiger partial charge in [0.05, 0.1) is 46.2 Å². The van der Waals surface area contributed by atoms with Gasteiger partial charge in [-0.3, -0.25) is 0 Å². The number of nitrogens with one attached hydrogen (secondary N) is 1. The van der Waals surface area contributed by atoms with Gasteiger partial charge in [0.15, 0.2) is 0 Å². The molecule has 1 fully saturated rings. The maximum atomic E-state index is 5.68. The Labute approximate surface area is 167 Å². The first kappa shape index (κ1) is 24.8. The molecule has 1 saturated heterocycles. The van der Waals surface area contributed by atoms with Gasteiger partial charge in [-0.2, -0.15) is 0 Å². The number of piperidine rings is 1. The Morgan fingerprint density at radius 3 is 1.81 bits per heavy atom. The molecule has 0 amide bonds. The summed E-state index contributed by atoms with van der Waals surface area (Å²) in [6, 6.07) is 1.27. The van der Waals surface area contributed by atoms with E-state index in [0.717, 1.165) is 26.2 Å². The van der Waals surface area contributed by atoms with Crippen LogP contribution in [0.5, 0.6) is 0 Å². The second-order valence-corrected chi connectivity index (χ2v) is 7.59. The number of hydrogen-bond acceptors (Lipinski definition) is 6. The van der Waals surface area contributed by atoms with Gasteiger partial charge in [0, 0.05) is 25.2 Å². The molecule has 0 aliphatic carbocycles. The zero-order valence-electron chi connectivity index (χ0n) is 18.0. The van der Waals surface area contributed by atoms with Gasteiger partial charge in [-0.15, -0.1) is 0 Å². The van der Waals surface area contributed by atoms with E-state index in [1.807, 2.05) is 0 Å². The molecule has 1 N–H and O–H groups in total. The van der Waals surface area contributed by atoms with E-state index in [4.69, 9.17) is 18.9 Å². The molecule has 0 atom stereocenters. The molecule has 6 nitrogen and oxygen atoms in total. The largest absolute Gasteiger partial charge is 0.379 e. The van der Waals surface area contributed by atoms with Gasteiger partial charge in [-0.05, 0) is 32.4 Å². The van der Waals surface area contributed by atoms with Crippen LogP contribution < -0.4 is 5.32 Å². The minimum absolute atomic E-state index is 0.583. The van der Waals surface area contributed by atoms with Crippen LogP contribution >= 0.6 is 0 Å². The van der Waals surface area contributed by atoms with E-state index in [1.165, 1.54) is 38.8 Å². The molecule has 6 heteroatoms. The summed E-state index contributed by atoms with van der Waals surface area (Å²) in [5.74, 6) is 0. The lowest BCUT2D eigenvalue weighted by atomic mass is 10.0. The first-order chi connectivity index (χ1) is 13.2.